The average Bonchev–Trinajstić information content (AvgIpc) is 3.24. The van der Waals surface area contributed by atoms with Gasteiger partial charge in [-0.2, -0.15) is 10.1 Å². The lowest BCUT2D eigenvalue weighted by Gasteiger charge is -2.23. The van der Waals surface area contributed by atoms with Gasteiger partial charge in [0, 0.05) is 30.9 Å². The summed E-state index contributed by atoms with van der Waals surface area (Å²) in [6.07, 6.45) is 5.31. The van der Waals surface area contributed by atoms with Crippen LogP contribution >= 0.6 is 0 Å². The van der Waals surface area contributed by atoms with E-state index in [4.69, 9.17) is 9.47 Å². The van der Waals surface area contributed by atoms with Gasteiger partial charge in [0.1, 0.15) is 12.4 Å². The molecule has 4 aromatic rings. The number of benzene rings is 1. The van der Waals surface area contributed by atoms with Gasteiger partial charge in [-0.3, -0.25) is 9.78 Å². The molecule has 0 spiro atoms. The molecule has 9 nitrogen and oxygen atoms in total. The van der Waals surface area contributed by atoms with E-state index in [9.17, 15) is 4.79 Å². The van der Waals surface area contributed by atoms with Gasteiger partial charge >= 0.3 is 0 Å². The minimum atomic E-state index is -0.168. The van der Waals surface area contributed by atoms with Gasteiger partial charge in [-0.1, -0.05) is 24.3 Å². The Kier molecular flexibility index (Phi) is 6.58. The first kappa shape index (κ1) is 22.8. The molecule has 5 rings (SSSR count). The number of pyridine rings is 2. The number of methoxy groups -OCH3 is 1. The molecule has 1 aliphatic heterocycles. The maximum atomic E-state index is 12.9. The van der Waals surface area contributed by atoms with Crippen LogP contribution in [-0.2, 0) is 13.7 Å². The average molecular weight is 473 g/mol. The molecule has 0 aliphatic carbocycles. The molecule has 0 saturated carbocycles. The molecule has 1 aliphatic rings. The van der Waals surface area contributed by atoms with Gasteiger partial charge < -0.3 is 20.1 Å². The van der Waals surface area contributed by atoms with Gasteiger partial charge in [0.2, 0.25) is 5.88 Å². The molecule has 1 fully saturated rings. The number of carbonyl (C=O) groups excluding carboxylic acids is 1. The van der Waals surface area contributed by atoms with Crippen LogP contribution < -0.4 is 20.1 Å². The predicted octanol–water partition coefficient (Wildman–Crippen LogP) is 3.10. The number of fused-ring (bicyclic) bond motifs is 1. The molecule has 0 bridgehead atoms. The van der Waals surface area contributed by atoms with E-state index in [2.05, 4.69) is 25.7 Å². The number of amides is 1. The maximum absolute atomic E-state index is 12.9. The molecule has 0 radical (unpaired) electrons. The second-order valence-corrected chi connectivity index (χ2v) is 8.55. The highest BCUT2D eigenvalue weighted by Gasteiger charge is 2.22. The third-order valence-electron chi connectivity index (χ3n) is 6.20. The van der Waals surface area contributed by atoms with Crippen LogP contribution in [0.4, 0.5) is 0 Å². The summed E-state index contributed by atoms with van der Waals surface area (Å²) in [6.45, 7) is 2.15. The summed E-state index contributed by atoms with van der Waals surface area (Å²) in [5.74, 6) is 0.990. The van der Waals surface area contributed by atoms with Crippen molar-refractivity contribution in [3.63, 3.8) is 0 Å². The molecule has 0 unspecified atom stereocenters. The number of hydrogen-bond acceptors (Lipinski definition) is 7. The van der Waals surface area contributed by atoms with E-state index < -0.39 is 0 Å². The van der Waals surface area contributed by atoms with E-state index in [1.165, 1.54) is 0 Å². The second kappa shape index (κ2) is 10.1. The zero-order valence-corrected chi connectivity index (χ0v) is 19.8. The zero-order chi connectivity index (χ0) is 24.2. The Morgan fingerprint density at radius 1 is 1.17 bits per heavy atom. The summed E-state index contributed by atoms with van der Waals surface area (Å²) in [6, 6.07) is 13.7. The van der Waals surface area contributed by atoms with Crippen molar-refractivity contribution in [2.75, 3.05) is 20.2 Å². The van der Waals surface area contributed by atoms with Crippen LogP contribution in [0.3, 0.4) is 0 Å². The van der Waals surface area contributed by atoms with E-state index in [0.29, 0.717) is 35.0 Å². The number of carbonyl (C=O) groups is 1. The molecule has 0 atom stereocenters. The topological polar surface area (TPSA) is 103 Å². The van der Waals surface area contributed by atoms with Crippen molar-refractivity contribution < 1.29 is 14.3 Å². The first-order chi connectivity index (χ1) is 17.1. The van der Waals surface area contributed by atoms with Crippen molar-refractivity contribution in [3.8, 4) is 22.8 Å². The zero-order valence-electron chi connectivity index (χ0n) is 19.8. The lowest BCUT2D eigenvalue weighted by atomic mass is 10.0. The van der Waals surface area contributed by atoms with E-state index in [0.717, 1.165) is 42.6 Å². The highest BCUT2D eigenvalue weighted by molar-refractivity contribution is 6.04. The predicted molar refractivity (Wildman–Crippen MR) is 132 cm³/mol. The number of aryl methyl sites for hydroxylation is 1. The van der Waals surface area contributed by atoms with Gasteiger partial charge in [-0.15, -0.1) is 0 Å². The maximum Gasteiger partial charge on any atom is 0.272 e. The lowest BCUT2D eigenvalue weighted by Crippen LogP contribution is -2.42. The Labute approximate surface area is 203 Å². The normalized spacial score (nSPS) is 14.1. The van der Waals surface area contributed by atoms with Crippen LogP contribution in [0, 0.1) is 0 Å². The lowest BCUT2D eigenvalue weighted by molar-refractivity contribution is 0.0925. The summed E-state index contributed by atoms with van der Waals surface area (Å²) in [5.41, 5.74) is 3.94. The van der Waals surface area contributed by atoms with E-state index in [1.54, 1.807) is 37.3 Å². The van der Waals surface area contributed by atoms with Gasteiger partial charge in [0.25, 0.3) is 5.91 Å². The fourth-order valence-electron chi connectivity index (χ4n) is 4.34. The highest BCUT2D eigenvalue weighted by Crippen LogP contribution is 2.27. The van der Waals surface area contributed by atoms with E-state index in [1.807, 2.05) is 36.4 Å². The summed E-state index contributed by atoms with van der Waals surface area (Å²) in [5, 5.41) is 11.5. The third kappa shape index (κ3) is 4.95. The fraction of sp³-hybridized carbons (Fsp3) is 0.308. The molecule has 1 amide bonds. The number of ether oxygens (including phenoxy) is 2. The van der Waals surface area contributed by atoms with Crippen molar-refractivity contribution in [2.45, 2.75) is 25.5 Å². The highest BCUT2D eigenvalue weighted by atomic mass is 16.5. The summed E-state index contributed by atoms with van der Waals surface area (Å²) in [4.78, 5) is 21.8. The fourth-order valence-corrected chi connectivity index (χ4v) is 4.34. The summed E-state index contributed by atoms with van der Waals surface area (Å²) < 4.78 is 13.0. The van der Waals surface area contributed by atoms with E-state index >= 15 is 0 Å². The Balaban J connectivity index is 1.34. The SMILES string of the molecule is COc1cncc(-c2ccccc2COc2ccc3c(C(=O)NC4CCNCC4)nn(C)c3n2)c1. The van der Waals surface area contributed by atoms with Crippen molar-refractivity contribution in [1.82, 2.24) is 30.4 Å². The molecule has 35 heavy (non-hydrogen) atoms. The molecule has 9 heteroatoms. The quantitative estimate of drug-likeness (QED) is 0.426. The molecule has 3 aromatic heterocycles. The molecular formula is C26H28N6O3. The number of hydrogen-bond donors (Lipinski definition) is 2. The Bertz CT molecular complexity index is 1350. The molecular weight excluding hydrogens is 444 g/mol. The van der Waals surface area contributed by atoms with Gasteiger partial charge in [-0.25, -0.2) is 4.68 Å². The number of nitrogens with zero attached hydrogens (tertiary/aromatic N) is 4. The second-order valence-electron chi connectivity index (χ2n) is 8.55. The van der Waals surface area contributed by atoms with Crippen LogP contribution in [-0.4, -0.2) is 51.9 Å². The van der Waals surface area contributed by atoms with Crippen molar-refractivity contribution in [1.29, 1.82) is 0 Å². The van der Waals surface area contributed by atoms with E-state index in [-0.39, 0.29) is 11.9 Å². The Hall–Kier alpha value is -3.98. The minimum Gasteiger partial charge on any atom is -0.495 e. The first-order valence-corrected chi connectivity index (χ1v) is 11.7. The number of rotatable bonds is 7. The van der Waals surface area contributed by atoms with Crippen molar-refractivity contribution in [3.05, 3.63) is 66.1 Å². The number of aromatic nitrogens is 4. The van der Waals surface area contributed by atoms with Gasteiger partial charge in [0.05, 0.1) is 18.7 Å². The van der Waals surface area contributed by atoms with Crippen molar-refractivity contribution in [2.24, 2.45) is 7.05 Å². The third-order valence-corrected chi connectivity index (χ3v) is 6.20. The molecule has 2 N–H and O–H groups in total. The van der Waals surface area contributed by atoms with Crippen LogP contribution in [0.2, 0.25) is 0 Å². The van der Waals surface area contributed by atoms with Crippen LogP contribution in [0.1, 0.15) is 28.9 Å². The van der Waals surface area contributed by atoms with Crippen LogP contribution in [0.5, 0.6) is 11.6 Å². The Morgan fingerprint density at radius 2 is 2.00 bits per heavy atom. The number of nitrogens with one attached hydrogen (secondary N) is 2. The largest absolute Gasteiger partial charge is 0.495 e. The van der Waals surface area contributed by atoms with Gasteiger partial charge in [0.15, 0.2) is 11.3 Å². The summed E-state index contributed by atoms with van der Waals surface area (Å²) in [7, 11) is 3.41. The van der Waals surface area contributed by atoms with Crippen LogP contribution in [0.25, 0.3) is 22.2 Å². The molecule has 1 aromatic carbocycles. The smallest absolute Gasteiger partial charge is 0.272 e. The van der Waals surface area contributed by atoms with Crippen molar-refractivity contribution >= 4 is 16.9 Å². The standard InChI is InChI=1S/C26H28N6O3/c1-32-25-22(24(31-32)26(33)29-19-9-11-27-12-10-19)7-8-23(30-25)35-16-17-5-3-4-6-21(17)18-13-20(34-2)15-28-14-18/h3-8,13-15,19,27H,9-12,16H2,1-2H3,(H,29,33). The Morgan fingerprint density at radius 3 is 2.83 bits per heavy atom. The number of piperidine rings is 1. The van der Waals surface area contributed by atoms with Crippen LogP contribution in [0.15, 0.2) is 54.9 Å². The summed E-state index contributed by atoms with van der Waals surface area (Å²) >= 11 is 0. The molecule has 4 heterocycles. The minimum absolute atomic E-state index is 0.163. The first-order valence-electron chi connectivity index (χ1n) is 11.7. The van der Waals surface area contributed by atoms with Gasteiger partial charge in [-0.05, 0) is 49.2 Å². The monoisotopic (exact) mass is 472 g/mol. The molecule has 1 saturated heterocycles. The molecule has 180 valence electrons.